The topological polar surface area (TPSA) is 231 Å². The second-order valence-electron chi connectivity index (χ2n) is 11.0. The fourth-order valence-corrected chi connectivity index (χ4v) is 4.26. The summed E-state index contributed by atoms with van der Waals surface area (Å²) < 4.78 is 50.5. The number of hydrogen-bond acceptors (Lipinski definition) is 12. The fraction of sp³-hybridized carbons (Fsp3) is 0.0556. The third-order valence-electron chi connectivity index (χ3n) is 6.44. The predicted molar refractivity (Wildman–Crippen MR) is 199 cm³/mol. The van der Waals surface area contributed by atoms with Gasteiger partial charge >= 0.3 is 0 Å². The van der Waals surface area contributed by atoms with Crippen LogP contribution < -0.4 is 31.6 Å². The number of ether oxygens (including phenoxy) is 2. The zero-order valence-corrected chi connectivity index (χ0v) is 28.8. The zero-order chi connectivity index (χ0) is 39.3. The van der Waals surface area contributed by atoms with Crippen molar-refractivity contribution in [2.24, 2.45) is 21.5 Å². The van der Waals surface area contributed by atoms with E-state index >= 15 is 0 Å². The summed E-state index contributed by atoms with van der Waals surface area (Å²) in [6.45, 7) is 3.11. The van der Waals surface area contributed by atoms with E-state index in [9.17, 15) is 22.8 Å². The highest BCUT2D eigenvalue weighted by Gasteiger charge is 2.17. The van der Waals surface area contributed by atoms with Gasteiger partial charge in [0.15, 0.2) is 11.6 Å². The molecule has 0 aliphatic heterocycles. The molecule has 6 rings (SSSR count). The van der Waals surface area contributed by atoms with E-state index in [1.165, 1.54) is 49.9 Å². The van der Waals surface area contributed by atoms with Gasteiger partial charge in [-0.15, -0.1) is 0 Å². The molecule has 2 amide bonds. The first-order valence-electron chi connectivity index (χ1n) is 15.8. The number of aliphatic imine (C=N–C) groups is 2. The van der Waals surface area contributed by atoms with Crippen LogP contribution in [0.1, 0.15) is 37.4 Å². The summed E-state index contributed by atoms with van der Waals surface area (Å²) in [5, 5.41) is 5.15. The van der Waals surface area contributed by atoms with Crippen molar-refractivity contribution in [1.82, 2.24) is 29.9 Å². The van der Waals surface area contributed by atoms with Gasteiger partial charge in [0.2, 0.25) is 0 Å². The number of halogens is 3. The minimum absolute atomic E-state index is 0. The SMILES string of the molecule is C/C(N)=N/c1ncc(Oc2cncc(F)c2)cc1C(=O)Nc1ccc(F)cn1.C/C(N)=N/c1ncc(Oc2cncc(F)c2)cc1C(=O)Nc1ccccn1.[HH].[HH]. The van der Waals surface area contributed by atoms with Gasteiger partial charge in [0, 0.05) is 21.2 Å². The maximum atomic E-state index is 13.3. The number of anilines is 2. The van der Waals surface area contributed by atoms with Crippen molar-refractivity contribution < 1.29 is 35.1 Å². The van der Waals surface area contributed by atoms with Crippen LogP contribution in [0.25, 0.3) is 0 Å². The van der Waals surface area contributed by atoms with Crippen molar-refractivity contribution in [2.75, 3.05) is 10.6 Å². The maximum Gasteiger partial charge on any atom is 0.260 e. The van der Waals surface area contributed by atoms with Crippen molar-refractivity contribution in [3.8, 4) is 23.0 Å². The molecule has 0 aromatic carbocycles. The van der Waals surface area contributed by atoms with Crippen LogP contribution in [0.4, 0.5) is 36.4 Å². The number of pyridine rings is 6. The standard InChI is InChI=1S/C18H14F2N6O2.C18H15FN6O2.2H2/c1-10(21)25-17-15(18(27)26-16-3-2-11(19)7-23-16)5-14(9-24-17)28-13-4-12(20)6-22-8-13;1-11(20)24-17-15(18(26)25-16-4-2-3-5-22-16)7-14(10-23-17)27-13-6-12(19)8-21-9-13;;/h2-9H,1H3,(H2,21,24,25)(H,23,26,27);2-10H,1H3,(H2,20,23,24)(H,22,25,26);2*1H. The lowest BCUT2D eigenvalue weighted by molar-refractivity contribution is 0.101. The van der Waals surface area contributed by atoms with Gasteiger partial charge in [-0.1, -0.05) is 6.07 Å². The van der Waals surface area contributed by atoms with E-state index in [4.69, 9.17) is 20.9 Å². The molecule has 282 valence electrons. The smallest absolute Gasteiger partial charge is 0.260 e. The normalized spacial score (nSPS) is 11.1. The third-order valence-corrected chi connectivity index (χ3v) is 6.44. The van der Waals surface area contributed by atoms with Crippen molar-refractivity contribution in [2.45, 2.75) is 13.8 Å². The molecule has 6 N–H and O–H groups in total. The van der Waals surface area contributed by atoms with Crippen LogP contribution >= 0.6 is 0 Å². The van der Waals surface area contributed by atoms with Crippen LogP contribution in [-0.2, 0) is 0 Å². The van der Waals surface area contributed by atoms with Crippen molar-refractivity contribution in [3.63, 3.8) is 0 Å². The van der Waals surface area contributed by atoms with Crippen LogP contribution in [0.3, 0.4) is 0 Å². The predicted octanol–water partition coefficient (Wildman–Crippen LogP) is 6.76. The van der Waals surface area contributed by atoms with Gasteiger partial charge in [0.05, 0.1) is 66.2 Å². The molecular formula is C36H33F3N12O4. The van der Waals surface area contributed by atoms with Crippen molar-refractivity contribution in [3.05, 3.63) is 133 Å². The Labute approximate surface area is 313 Å². The number of amides is 2. The Balaban J connectivity index is 0.000000295. The number of rotatable bonds is 10. The maximum absolute atomic E-state index is 13.3. The minimum atomic E-state index is -0.616. The lowest BCUT2D eigenvalue weighted by Crippen LogP contribution is -2.14. The molecule has 0 aliphatic rings. The van der Waals surface area contributed by atoms with Crippen LogP contribution in [0, 0.1) is 17.5 Å². The molecule has 0 fully saturated rings. The number of nitrogens with zero attached hydrogens (tertiary/aromatic N) is 8. The Morgan fingerprint density at radius 3 is 1.51 bits per heavy atom. The van der Waals surface area contributed by atoms with E-state index < -0.39 is 29.3 Å². The quantitative estimate of drug-likeness (QED) is 0.0840. The average Bonchev–Trinajstić information content (AvgIpc) is 3.14. The monoisotopic (exact) mass is 754 g/mol. The molecule has 0 unspecified atom stereocenters. The van der Waals surface area contributed by atoms with E-state index in [-0.39, 0.29) is 66.1 Å². The minimum Gasteiger partial charge on any atom is -0.454 e. The second-order valence-corrected chi connectivity index (χ2v) is 11.0. The molecular weight excluding hydrogens is 721 g/mol. The number of amidine groups is 2. The average molecular weight is 755 g/mol. The molecule has 19 heteroatoms. The molecule has 0 aliphatic carbocycles. The van der Waals surface area contributed by atoms with E-state index in [1.54, 1.807) is 31.3 Å². The van der Waals surface area contributed by atoms with Gasteiger partial charge in [-0.3, -0.25) is 19.6 Å². The molecule has 6 aromatic heterocycles. The van der Waals surface area contributed by atoms with Gasteiger partial charge in [-0.05, 0) is 50.2 Å². The molecule has 0 saturated carbocycles. The van der Waals surface area contributed by atoms with Crippen LogP contribution in [-0.4, -0.2) is 53.4 Å². The zero-order valence-electron chi connectivity index (χ0n) is 28.8. The van der Waals surface area contributed by atoms with E-state index in [1.807, 2.05) is 0 Å². The first-order valence-corrected chi connectivity index (χ1v) is 15.8. The number of aromatic nitrogens is 6. The Hall–Kier alpha value is -7.83. The van der Waals surface area contributed by atoms with E-state index in [0.29, 0.717) is 5.82 Å². The number of nitrogens with one attached hydrogen (secondary N) is 2. The van der Waals surface area contributed by atoms with Crippen molar-refractivity contribution in [1.29, 1.82) is 0 Å². The third kappa shape index (κ3) is 11.6. The van der Waals surface area contributed by atoms with Crippen LogP contribution in [0.5, 0.6) is 23.0 Å². The summed E-state index contributed by atoms with van der Waals surface area (Å²) in [5.41, 5.74) is 11.3. The lowest BCUT2D eigenvalue weighted by atomic mass is 10.2. The highest BCUT2D eigenvalue weighted by atomic mass is 19.1. The van der Waals surface area contributed by atoms with E-state index in [2.05, 4.69) is 50.5 Å². The van der Waals surface area contributed by atoms with Gasteiger partial charge in [0.1, 0.15) is 52.1 Å². The van der Waals surface area contributed by atoms with Crippen LogP contribution in [0.15, 0.2) is 114 Å². The van der Waals surface area contributed by atoms with Crippen molar-refractivity contribution >= 4 is 46.8 Å². The van der Waals surface area contributed by atoms with Crippen LogP contribution in [0.2, 0.25) is 0 Å². The molecule has 55 heavy (non-hydrogen) atoms. The summed E-state index contributed by atoms with van der Waals surface area (Å²) >= 11 is 0. The summed E-state index contributed by atoms with van der Waals surface area (Å²) in [6.07, 6.45) is 9.90. The first kappa shape index (κ1) is 38.4. The Kier molecular flexibility index (Phi) is 12.6. The molecule has 6 aromatic rings. The molecule has 0 radical (unpaired) electrons. The number of carbonyl (C=O) groups is 2. The summed E-state index contributed by atoms with van der Waals surface area (Å²) in [6, 6.07) is 12.6. The summed E-state index contributed by atoms with van der Waals surface area (Å²) in [4.78, 5) is 56.7. The number of hydrogen-bond donors (Lipinski definition) is 4. The molecule has 6 heterocycles. The molecule has 0 atom stereocenters. The summed E-state index contributed by atoms with van der Waals surface area (Å²) in [7, 11) is 0. The lowest BCUT2D eigenvalue weighted by Gasteiger charge is -2.10. The largest absolute Gasteiger partial charge is 0.454 e. The molecule has 0 saturated heterocycles. The molecule has 0 spiro atoms. The molecule has 0 bridgehead atoms. The summed E-state index contributed by atoms with van der Waals surface area (Å²) in [5.74, 6) is -1.05. The Morgan fingerprint density at radius 1 is 0.600 bits per heavy atom. The van der Waals surface area contributed by atoms with Gasteiger partial charge in [-0.2, -0.15) is 0 Å². The van der Waals surface area contributed by atoms with E-state index in [0.717, 1.165) is 36.8 Å². The number of carbonyl (C=O) groups excluding carboxylic acids is 2. The number of nitrogens with two attached hydrogens (primary N) is 2. The van der Waals surface area contributed by atoms with Gasteiger partial charge in [0.25, 0.3) is 11.8 Å². The Morgan fingerprint density at radius 2 is 1.09 bits per heavy atom. The Bertz CT molecular complexity index is 2370. The fourth-order valence-electron chi connectivity index (χ4n) is 4.26. The highest BCUT2D eigenvalue weighted by molar-refractivity contribution is 6.08. The van der Waals surface area contributed by atoms with Gasteiger partial charge < -0.3 is 31.6 Å². The first-order chi connectivity index (χ1) is 26.4. The highest BCUT2D eigenvalue weighted by Crippen LogP contribution is 2.28. The molecule has 16 nitrogen and oxygen atoms in total. The second kappa shape index (κ2) is 18.1. The van der Waals surface area contributed by atoms with Gasteiger partial charge in [-0.25, -0.2) is 43.1 Å².